The fourth-order valence-corrected chi connectivity index (χ4v) is 3.42. The first-order chi connectivity index (χ1) is 12.6. The van der Waals surface area contributed by atoms with Crippen LogP contribution in [0, 0.1) is 0 Å². The van der Waals surface area contributed by atoms with E-state index in [-0.39, 0.29) is 17.2 Å². The number of aromatic nitrogens is 2. The second-order valence-corrected chi connectivity index (χ2v) is 6.97. The molecule has 1 aromatic heterocycles. The first kappa shape index (κ1) is 18.2. The fourth-order valence-electron chi connectivity index (χ4n) is 2.62. The Kier molecular flexibility index (Phi) is 5.73. The summed E-state index contributed by atoms with van der Waals surface area (Å²) >= 11 is 1.17. The van der Waals surface area contributed by atoms with Crippen LogP contribution in [0.15, 0.2) is 58.4 Å². The van der Waals surface area contributed by atoms with Crippen LogP contribution < -0.4 is 10.9 Å². The van der Waals surface area contributed by atoms with Crippen molar-refractivity contribution in [1.29, 1.82) is 0 Å². The van der Waals surface area contributed by atoms with Crippen molar-refractivity contribution in [3.8, 4) is 0 Å². The Hall–Kier alpha value is -2.60. The SMILES string of the molecule is CCc1ccc(CNC(=O)CSc2nc3ccccc3n(C)c2=O)cc1. The van der Waals surface area contributed by atoms with Gasteiger partial charge in [-0.25, -0.2) is 4.98 Å². The van der Waals surface area contributed by atoms with Crippen LogP contribution in [0.1, 0.15) is 18.1 Å². The number of thioether (sulfide) groups is 1. The molecular formula is C20H21N3O2S. The van der Waals surface area contributed by atoms with Crippen molar-refractivity contribution >= 4 is 28.7 Å². The van der Waals surface area contributed by atoms with E-state index in [0.717, 1.165) is 23.0 Å². The van der Waals surface area contributed by atoms with Crippen LogP contribution >= 0.6 is 11.8 Å². The highest BCUT2D eigenvalue weighted by atomic mass is 32.2. The van der Waals surface area contributed by atoms with Crippen LogP contribution in [0.2, 0.25) is 0 Å². The van der Waals surface area contributed by atoms with Crippen LogP contribution in [0.4, 0.5) is 0 Å². The summed E-state index contributed by atoms with van der Waals surface area (Å²) in [6.07, 6.45) is 0.997. The van der Waals surface area contributed by atoms with E-state index >= 15 is 0 Å². The van der Waals surface area contributed by atoms with E-state index in [1.807, 2.05) is 36.4 Å². The van der Waals surface area contributed by atoms with Gasteiger partial charge in [0.1, 0.15) is 0 Å². The summed E-state index contributed by atoms with van der Waals surface area (Å²) < 4.78 is 1.57. The van der Waals surface area contributed by atoms with E-state index in [1.54, 1.807) is 11.6 Å². The molecule has 0 atom stereocenters. The maximum absolute atomic E-state index is 12.4. The van der Waals surface area contributed by atoms with Gasteiger partial charge in [0.2, 0.25) is 5.91 Å². The number of hydrogen-bond acceptors (Lipinski definition) is 4. The molecule has 0 aliphatic rings. The molecule has 0 spiro atoms. The van der Waals surface area contributed by atoms with Gasteiger partial charge in [-0.3, -0.25) is 9.59 Å². The van der Waals surface area contributed by atoms with Crippen LogP contribution in [0.3, 0.4) is 0 Å². The molecule has 2 aromatic carbocycles. The average Bonchev–Trinajstić information content (AvgIpc) is 2.68. The highest BCUT2D eigenvalue weighted by Crippen LogP contribution is 2.15. The normalized spacial score (nSPS) is 10.8. The number of nitrogens with one attached hydrogen (secondary N) is 1. The highest BCUT2D eigenvalue weighted by molar-refractivity contribution is 7.99. The van der Waals surface area contributed by atoms with Crippen molar-refractivity contribution in [1.82, 2.24) is 14.9 Å². The molecule has 0 radical (unpaired) electrons. The topological polar surface area (TPSA) is 64.0 Å². The maximum Gasteiger partial charge on any atom is 0.283 e. The number of amides is 1. The zero-order valence-corrected chi connectivity index (χ0v) is 15.7. The van der Waals surface area contributed by atoms with Gasteiger partial charge >= 0.3 is 0 Å². The van der Waals surface area contributed by atoms with Gasteiger partial charge in [-0.05, 0) is 29.7 Å². The summed E-state index contributed by atoms with van der Waals surface area (Å²) in [5.41, 5.74) is 3.67. The molecule has 26 heavy (non-hydrogen) atoms. The Balaban J connectivity index is 1.61. The predicted octanol–water partition coefficient (Wildman–Crippen LogP) is 2.90. The van der Waals surface area contributed by atoms with Crippen molar-refractivity contribution in [3.05, 3.63) is 70.0 Å². The van der Waals surface area contributed by atoms with Crippen molar-refractivity contribution in [2.75, 3.05) is 5.75 Å². The smallest absolute Gasteiger partial charge is 0.283 e. The fraction of sp³-hybridized carbons (Fsp3) is 0.250. The molecule has 3 aromatic rings. The first-order valence-electron chi connectivity index (χ1n) is 8.51. The molecule has 1 amide bonds. The molecule has 6 heteroatoms. The number of aryl methyl sites for hydroxylation is 2. The lowest BCUT2D eigenvalue weighted by Crippen LogP contribution is -2.26. The zero-order chi connectivity index (χ0) is 18.5. The van der Waals surface area contributed by atoms with Gasteiger partial charge in [0.15, 0.2) is 5.03 Å². The Morgan fingerprint density at radius 1 is 1.12 bits per heavy atom. The van der Waals surface area contributed by atoms with E-state index in [2.05, 4.69) is 29.4 Å². The first-order valence-corrected chi connectivity index (χ1v) is 9.50. The molecule has 0 saturated heterocycles. The minimum Gasteiger partial charge on any atom is -0.351 e. The third-order valence-electron chi connectivity index (χ3n) is 4.21. The van der Waals surface area contributed by atoms with E-state index in [4.69, 9.17) is 0 Å². The molecule has 0 saturated carbocycles. The van der Waals surface area contributed by atoms with Crippen molar-refractivity contribution < 1.29 is 4.79 Å². The van der Waals surface area contributed by atoms with E-state index < -0.39 is 0 Å². The largest absolute Gasteiger partial charge is 0.351 e. The average molecular weight is 367 g/mol. The Labute approximate surface area is 156 Å². The molecule has 0 unspecified atom stereocenters. The van der Waals surface area contributed by atoms with Gasteiger partial charge in [0, 0.05) is 13.6 Å². The van der Waals surface area contributed by atoms with Gasteiger partial charge in [-0.1, -0.05) is 55.1 Å². The molecule has 0 fully saturated rings. The summed E-state index contributed by atoms with van der Waals surface area (Å²) in [6, 6.07) is 15.6. The molecular weight excluding hydrogens is 346 g/mol. The minimum absolute atomic E-state index is 0.119. The third-order valence-corrected chi connectivity index (χ3v) is 5.16. The molecule has 1 N–H and O–H groups in total. The summed E-state index contributed by atoms with van der Waals surface area (Å²) in [5.74, 6) is 0.0414. The second-order valence-electron chi connectivity index (χ2n) is 6.01. The Morgan fingerprint density at radius 2 is 1.81 bits per heavy atom. The zero-order valence-electron chi connectivity index (χ0n) is 14.9. The molecule has 134 valence electrons. The molecule has 1 heterocycles. The highest BCUT2D eigenvalue weighted by Gasteiger charge is 2.11. The number of rotatable bonds is 6. The van der Waals surface area contributed by atoms with Crippen LogP contribution in [0.25, 0.3) is 11.0 Å². The van der Waals surface area contributed by atoms with Crippen LogP contribution in [-0.4, -0.2) is 21.2 Å². The third kappa shape index (κ3) is 4.14. The van der Waals surface area contributed by atoms with E-state index in [0.29, 0.717) is 11.6 Å². The lowest BCUT2D eigenvalue weighted by Gasteiger charge is -2.08. The number of benzene rings is 2. The summed E-state index contributed by atoms with van der Waals surface area (Å²) in [6.45, 7) is 2.59. The molecule has 0 aliphatic heterocycles. The van der Waals surface area contributed by atoms with E-state index in [9.17, 15) is 9.59 Å². The number of nitrogens with zero attached hydrogens (tertiary/aromatic N) is 2. The van der Waals surface area contributed by atoms with Crippen LogP contribution in [-0.2, 0) is 24.8 Å². The van der Waals surface area contributed by atoms with Crippen molar-refractivity contribution in [2.24, 2.45) is 7.05 Å². The van der Waals surface area contributed by atoms with Gasteiger partial charge in [0.05, 0.1) is 16.8 Å². The molecule has 5 nitrogen and oxygen atoms in total. The van der Waals surface area contributed by atoms with Gasteiger partial charge < -0.3 is 9.88 Å². The molecule has 0 aliphatic carbocycles. The second kappa shape index (κ2) is 8.19. The summed E-state index contributed by atoms with van der Waals surface area (Å²) in [4.78, 5) is 28.9. The number of para-hydroxylation sites is 2. The predicted molar refractivity (Wildman–Crippen MR) is 105 cm³/mol. The quantitative estimate of drug-likeness (QED) is 0.681. The summed E-state index contributed by atoms with van der Waals surface area (Å²) in [7, 11) is 1.72. The number of carbonyl (C=O) groups excluding carboxylic acids is 1. The van der Waals surface area contributed by atoms with Gasteiger partial charge in [-0.2, -0.15) is 0 Å². The number of fused-ring (bicyclic) bond motifs is 1. The lowest BCUT2D eigenvalue weighted by atomic mass is 10.1. The van der Waals surface area contributed by atoms with E-state index in [1.165, 1.54) is 17.3 Å². The lowest BCUT2D eigenvalue weighted by molar-refractivity contribution is -0.118. The maximum atomic E-state index is 12.4. The number of hydrogen-bond donors (Lipinski definition) is 1. The van der Waals surface area contributed by atoms with Gasteiger partial charge in [0.25, 0.3) is 5.56 Å². The summed E-state index contributed by atoms with van der Waals surface area (Å²) in [5, 5.41) is 3.22. The van der Waals surface area contributed by atoms with Crippen molar-refractivity contribution in [3.63, 3.8) is 0 Å². The molecule has 3 rings (SSSR count). The standard InChI is InChI=1S/C20H21N3O2S/c1-3-14-8-10-15(11-9-14)12-21-18(24)13-26-19-20(25)23(2)17-7-5-4-6-16(17)22-19/h4-11H,3,12-13H2,1-2H3,(H,21,24). The van der Waals surface area contributed by atoms with Gasteiger partial charge in [-0.15, -0.1) is 0 Å². The monoisotopic (exact) mass is 367 g/mol. The van der Waals surface area contributed by atoms with Crippen molar-refractivity contribution in [2.45, 2.75) is 24.9 Å². The van der Waals surface area contributed by atoms with Crippen LogP contribution in [0.5, 0.6) is 0 Å². The number of carbonyl (C=O) groups is 1. The Morgan fingerprint density at radius 3 is 2.54 bits per heavy atom. The Bertz CT molecular complexity index is 981. The molecule has 0 bridgehead atoms. The minimum atomic E-state index is -0.184.